The van der Waals surface area contributed by atoms with Crippen molar-refractivity contribution < 1.29 is 0 Å². The quantitative estimate of drug-likeness (QED) is 0.866. The van der Waals surface area contributed by atoms with Crippen LogP contribution < -0.4 is 5.32 Å². The summed E-state index contributed by atoms with van der Waals surface area (Å²) >= 11 is 3.49. The second-order valence-electron chi connectivity index (χ2n) is 4.57. The Morgan fingerprint density at radius 3 is 2.68 bits per heavy atom. The number of nitrogens with one attached hydrogen (secondary N) is 1. The van der Waals surface area contributed by atoms with Gasteiger partial charge in [-0.05, 0) is 52.5 Å². The van der Waals surface area contributed by atoms with Gasteiger partial charge in [0.1, 0.15) is 0 Å². The molecule has 0 fully saturated rings. The third kappa shape index (κ3) is 4.44. The molecule has 0 aliphatic carbocycles. The molecule has 0 aliphatic heterocycles. The zero-order valence-corrected chi connectivity index (χ0v) is 12.7. The zero-order valence-electron chi connectivity index (χ0n) is 11.1. The van der Waals surface area contributed by atoms with Crippen LogP contribution in [0.3, 0.4) is 0 Å². The van der Waals surface area contributed by atoms with Gasteiger partial charge in [0.05, 0.1) is 0 Å². The van der Waals surface area contributed by atoms with E-state index in [-0.39, 0.29) is 0 Å². The molecule has 1 aromatic carbocycles. The number of benzene rings is 1. The lowest BCUT2D eigenvalue weighted by molar-refractivity contribution is 0.514. The highest BCUT2D eigenvalue weighted by Gasteiger charge is 2.11. The largest absolute Gasteiger partial charge is 0.310 e. The lowest BCUT2D eigenvalue weighted by Crippen LogP contribution is -2.21. The molecule has 0 saturated carbocycles. The number of halogens is 1. The minimum absolute atomic E-state index is 0.357. The van der Waals surface area contributed by atoms with Gasteiger partial charge in [-0.3, -0.25) is 4.98 Å². The maximum Gasteiger partial charge on any atom is 0.0410 e. The van der Waals surface area contributed by atoms with Crippen molar-refractivity contribution in [2.75, 3.05) is 6.54 Å². The first-order chi connectivity index (χ1) is 9.29. The molecule has 3 heteroatoms. The Kier molecular flexibility index (Phi) is 5.55. The molecule has 1 aromatic heterocycles. The molecule has 0 bridgehead atoms. The van der Waals surface area contributed by atoms with E-state index in [0.29, 0.717) is 6.04 Å². The van der Waals surface area contributed by atoms with Gasteiger partial charge in [0.2, 0.25) is 0 Å². The van der Waals surface area contributed by atoms with Crippen LogP contribution in [0.2, 0.25) is 0 Å². The van der Waals surface area contributed by atoms with E-state index in [1.807, 2.05) is 12.4 Å². The fourth-order valence-corrected chi connectivity index (χ4v) is 2.59. The van der Waals surface area contributed by atoms with E-state index in [4.69, 9.17) is 0 Å². The second kappa shape index (κ2) is 7.41. The zero-order chi connectivity index (χ0) is 13.5. The predicted molar refractivity (Wildman–Crippen MR) is 83.1 cm³/mol. The smallest absolute Gasteiger partial charge is 0.0410 e. The summed E-state index contributed by atoms with van der Waals surface area (Å²) in [6.07, 6.45) is 5.92. The highest BCUT2D eigenvalue weighted by molar-refractivity contribution is 9.10. The lowest BCUT2D eigenvalue weighted by atomic mass is 10.0. The molecule has 0 aliphatic rings. The topological polar surface area (TPSA) is 24.9 Å². The summed E-state index contributed by atoms with van der Waals surface area (Å²) < 4.78 is 1.03. The predicted octanol–water partition coefficient (Wildman–Crippen LogP) is 4.13. The average Bonchev–Trinajstić information content (AvgIpc) is 2.44. The van der Waals surface area contributed by atoms with Crippen molar-refractivity contribution >= 4 is 15.9 Å². The van der Waals surface area contributed by atoms with Crippen molar-refractivity contribution in [1.29, 1.82) is 0 Å². The Hall–Kier alpha value is -1.19. The second-order valence-corrected chi connectivity index (χ2v) is 5.49. The normalized spacial score (nSPS) is 12.3. The van der Waals surface area contributed by atoms with Crippen LogP contribution in [-0.2, 0) is 6.42 Å². The molecule has 100 valence electrons. The van der Waals surface area contributed by atoms with Gasteiger partial charge in [-0.15, -0.1) is 0 Å². The van der Waals surface area contributed by atoms with E-state index < -0.39 is 0 Å². The number of aryl methyl sites for hydroxylation is 1. The summed E-state index contributed by atoms with van der Waals surface area (Å²) in [5, 5.41) is 3.54. The van der Waals surface area contributed by atoms with Crippen LogP contribution in [0.25, 0.3) is 0 Å². The van der Waals surface area contributed by atoms with Gasteiger partial charge in [0.25, 0.3) is 0 Å². The summed E-state index contributed by atoms with van der Waals surface area (Å²) in [5.74, 6) is 0. The Morgan fingerprint density at radius 1 is 1.21 bits per heavy atom. The van der Waals surface area contributed by atoms with Gasteiger partial charge >= 0.3 is 0 Å². The van der Waals surface area contributed by atoms with Gasteiger partial charge in [-0.25, -0.2) is 0 Å². The first-order valence-corrected chi connectivity index (χ1v) is 7.46. The number of pyridine rings is 1. The van der Waals surface area contributed by atoms with Crippen molar-refractivity contribution in [2.24, 2.45) is 0 Å². The molecule has 2 rings (SSSR count). The molecule has 0 saturated heterocycles. The maximum atomic E-state index is 4.26. The highest BCUT2D eigenvalue weighted by atomic mass is 79.9. The Balaban J connectivity index is 2.04. The first kappa shape index (κ1) is 14.2. The van der Waals surface area contributed by atoms with Gasteiger partial charge in [0.15, 0.2) is 0 Å². The molecule has 0 amide bonds. The molecule has 0 radical (unpaired) electrons. The highest BCUT2D eigenvalue weighted by Crippen LogP contribution is 2.21. The van der Waals surface area contributed by atoms with Crippen LogP contribution in [-0.4, -0.2) is 11.5 Å². The summed E-state index contributed by atoms with van der Waals surface area (Å²) in [6.45, 7) is 3.10. The van der Waals surface area contributed by atoms with Gasteiger partial charge in [0, 0.05) is 22.9 Å². The van der Waals surface area contributed by atoms with Crippen LogP contribution in [0.4, 0.5) is 0 Å². The third-order valence-corrected chi connectivity index (χ3v) is 3.58. The Bertz CT molecular complexity index is 499. The SMILES string of the molecule is CCNC(CCc1ccccc1)c1cncc(Br)c1. The molecule has 1 atom stereocenters. The molecule has 19 heavy (non-hydrogen) atoms. The molecule has 2 aromatic rings. The van der Waals surface area contributed by atoms with E-state index >= 15 is 0 Å². The number of nitrogens with zero attached hydrogens (tertiary/aromatic N) is 1. The van der Waals surface area contributed by atoms with E-state index in [1.54, 1.807) is 0 Å². The fraction of sp³-hybridized carbons (Fsp3) is 0.312. The first-order valence-electron chi connectivity index (χ1n) is 6.67. The summed E-state index contributed by atoms with van der Waals surface area (Å²) in [6, 6.07) is 13.1. The minimum atomic E-state index is 0.357. The summed E-state index contributed by atoms with van der Waals surface area (Å²) in [5.41, 5.74) is 2.63. The third-order valence-electron chi connectivity index (χ3n) is 3.14. The Labute approximate surface area is 123 Å². The molecule has 1 N–H and O–H groups in total. The van der Waals surface area contributed by atoms with E-state index in [0.717, 1.165) is 23.9 Å². The molecule has 1 unspecified atom stereocenters. The maximum absolute atomic E-state index is 4.26. The van der Waals surface area contributed by atoms with Crippen LogP contribution >= 0.6 is 15.9 Å². The van der Waals surface area contributed by atoms with Gasteiger partial charge in [-0.2, -0.15) is 0 Å². The minimum Gasteiger partial charge on any atom is -0.310 e. The average molecular weight is 319 g/mol. The standard InChI is InChI=1S/C16H19BrN2/c1-2-19-16(14-10-15(17)12-18-11-14)9-8-13-6-4-3-5-7-13/h3-7,10-12,16,19H,2,8-9H2,1H3. The van der Waals surface area contributed by atoms with Crippen molar-refractivity contribution in [2.45, 2.75) is 25.8 Å². The summed E-state index contributed by atoms with van der Waals surface area (Å²) in [7, 11) is 0. The number of aromatic nitrogens is 1. The van der Waals surface area contributed by atoms with Crippen LogP contribution in [0.5, 0.6) is 0 Å². The number of hydrogen-bond donors (Lipinski definition) is 1. The molecule has 2 nitrogen and oxygen atoms in total. The fourth-order valence-electron chi connectivity index (χ4n) is 2.21. The van der Waals surface area contributed by atoms with Crippen molar-refractivity contribution in [3.8, 4) is 0 Å². The van der Waals surface area contributed by atoms with Crippen molar-refractivity contribution in [3.05, 3.63) is 64.4 Å². The Morgan fingerprint density at radius 2 is 2.00 bits per heavy atom. The molecular weight excluding hydrogens is 300 g/mol. The van der Waals surface area contributed by atoms with Crippen LogP contribution in [0, 0.1) is 0 Å². The van der Waals surface area contributed by atoms with Crippen LogP contribution in [0.1, 0.15) is 30.5 Å². The van der Waals surface area contributed by atoms with Gasteiger partial charge in [-0.1, -0.05) is 37.3 Å². The van der Waals surface area contributed by atoms with Crippen molar-refractivity contribution in [1.82, 2.24) is 10.3 Å². The number of rotatable bonds is 6. The summed E-state index contributed by atoms with van der Waals surface area (Å²) in [4.78, 5) is 4.26. The van der Waals surface area contributed by atoms with E-state index in [1.165, 1.54) is 11.1 Å². The van der Waals surface area contributed by atoms with E-state index in [9.17, 15) is 0 Å². The lowest BCUT2D eigenvalue weighted by Gasteiger charge is -2.18. The van der Waals surface area contributed by atoms with Gasteiger partial charge < -0.3 is 5.32 Å². The number of hydrogen-bond acceptors (Lipinski definition) is 2. The molecule has 1 heterocycles. The van der Waals surface area contributed by atoms with Crippen molar-refractivity contribution in [3.63, 3.8) is 0 Å². The monoisotopic (exact) mass is 318 g/mol. The molecular formula is C16H19BrN2. The van der Waals surface area contributed by atoms with E-state index in [2.05, 4.69) is 69.6 Å². The molecule has 0 spiro atoms. The van der Waals surface area contributed by atoms with Crippen LogP contribution in [0.15, 0.2) is 53.3 Å².